The molecule has 1 atom stereocenters. The van der Waals surface area contributed by atoms with Crippen LogP contribution >= 0.6 is 0 Å². The molecular formula is C20H20N2O. The number of ether oxygens (including phenoxy) is 1. The smallest absolute Gasteiger partial charge is 0.145 e. The first-order chi connectivity index (χ1) is 11.3. The monoisotopic (exact) mass is 304 g/mol. The Bertz CT molecular complexity index is 735. The Labute approximate surface area is 137 Å². The van der Waals surface area contributed by atoms with Crippen molar-refractivity contribution in [3.05, 3.63) is 65.7 Å². The van der Waals surface area contributed by atoms with E-state index in [1.807, 2.05) is 54.6 Å². The lowest BCUT2D eigenvalue weighted by atomic mass is 10.1. The van der Waals surface area contributed by atoms with Crippen LogP contribution in [0.5, 0.6) is 0 Å². The van der Waals surface area contributed by atoms with Crippen LogP contribution in [0.1, 0.15) is 30.6 Å². The van der Waals surface area contributed by atoms with Crippen molar-refractivity contribution in [1.82, 2.24) is 0 Å². The number of para-hydroxylation sites is 1. The fourth-order valence-corrected chi connectivity index (χ4v) is 2.00. The topological polar surface area (TPSA) is 34.0 Å². The van der Waals surface area contributed by atoms with Crippen LogP contribution in [-0.2, 0) is 4.74 Å². The Hall–Kier alpha value is -2.66. The summed E-state index contributed by atoms with van der Waals surface area (Å²) in [5.41, 5.74) is 2.65. The van der Waals surface area contributed by atoms with Gasteiger partial charge in [0.25, 0.3) is 0 Å². The van der Waals surface area contributed by atoms with Crippen molar-refractivity contribution in [3.63, 3.8) is 0 Å². The molecule has 0 fully saturated rings. The van der Waals surface area contributed by atoms with E-state index in [1.54, 1.807) is 7.11 Å². The summed E-state index contributed by atoms with van der Waals surface area (Å²) < 4.78 is 5.53. The molecular weight excluding hydrogens is 284 g/mol. The summed E-state index contributed by atoms with van der Waals surface area (Å²) in [4.78, 5) is 8.41. The van der Waals surface area contributed by atoms with Crippen molar-refractivity contribution >= 4 is 11.7 Å². The molecule has 0 aliphatic carbocycles. The van der Waals surface area contributed by atoms with Gasteiger partial charge in [-0.15, -0.1) is 0 Å². The first-order valence-electron chi connectivity index (χ1n) is 7.65. The lowest BCUT2D eigenvalue weighted by Gasteiger charge is -2.10. The Morgan fingerprint density at radius 3 is 2.52 bits per heavy atom. The summed E-state index contributed by atoms with van der Waals surface area (Å²) in [5.74, 6) is 6.29. The van der Waals surface area contributed by atoms with E-state index in [2.05, 4.69) is 34.8 Å². The maximum atomic E-state index is 5.53. The second kappa shape index (κ2) is 9.38. The molecule has 116 valence electrons. The number of methoxy groups -OCH3 is 1. The highest BCUT2D eigenvalue weighted by molar-refractivity contribution is 5.58. The van der Waals surface area contributed by atoms with Crippen LogP contribution in [-0.4, -0.2) is 19.7 Å². The third-order valence-electron chi connectivity index (χ3n) is 3.15. The number of aliphatic imine (C=N–C) groups is 2. The van der Waals surface area contributed by atoms with E-state index in [-0.39, 0.29) is 6.10 Å². The molecule has 0 bridgehead atoms. The molecule has 0 aliphatic rings. The second-order valence-corrected chi connectivity index (χ2v) is 4.90. The average molecular weight is 304 g/mol. The molecule has 0 aliphatic heterocycles. The van der Waals surface area contributed by atoms with Gasteiger partial charge in [0.05, 0.1) is 11.7 Å². The third kappa shape index (κ3) is 5.23. The fourth-order valence-electron chi connectivity index (χ4n) is 2.00. The lowest BCUT2D eigenvalue weighted by Crippen LogP contribution is -1.98. The molecule has 0 heterocycles. The molecule has 2 aromatic carbocycles. The van der Waals surface area contributed by atoms with Crippen LogP contribution in [0.15, 0.2) is 64.6 Å². The Balaban J connectivity index is 2.28. The fraction of sp³-hybridized carbons (Fsp3) is 0.250. The first-order valence-corrected chi connectivity index (χ1v) is 7.65. The zero-order valence-electron chi connectivity index (χ0n) is 13.5. The van der Waals surface area contributed by atoms with Gasteiger partial charge in [0.15, 0.2) is 0 Å². The predicted molar refractivity (Wildman–Crippen MR) is 94.2 cm³/mol. The minimum Gasteiger partial charge on any atom is -0.364 e. The molecule has 2 rings (SSSR count). The van der Waals surface area contributed by atoms with E-state index in [0.29, 0.717) is 0 Å². The number of benzene rings is 2. The van der Waals surface area contributed by atoms with Gasteiger partial charge in [-0.2, -0.15) is 4.99 Å². The summed E-state index contributed by atoms with van der Waals surface area (Å²) >= 11 is 0. The quantitative estimate of drug-likeness (QED) is 0.585. The summed E-state index contributed by atoms with van der Waals surface area (Å²) in [6.45, 7) is 2.80. The van der Waals surface area contributed by atoms with Crippen LogP contribution in [0.2, 0.25) is 0 Å². The standard InChI is InChI=1S/C20H20N2O/c1-3-15-21-16-22-19-12-8-7-11-18(19)20(23-2)14-13-17-9-5-4-6-10-17/h4-12,20H,3,15H2,1-2H3. The molecule has 0 saturated heterocycles. The molecule has 0 N–H and O–H groups in total. The van der Waals surface area contributed by atoms with Gasteiger partial charge < -0.3 is 4.74 Å². The summed E-state index contributed by atoms with van der Waals surface area (Å²) in [6.07, 6.45) is 0.635. The number of rotatable bonds is 5. The molecule has 0 radical (unpaired) electrons. The van der Waals surface area contributed by atoms with Crippen LogP contribution in [0.3, 0.4) is 0 Å². The van der Waals surface area contributed by atoms with E-state index in [4.69, 9.17) is 4.74 Å². The molecule has 3 heteroatoms. The first kappa shape index (κ1) is 16.7. The third-order valence-corrected chi connectivity index (χ3v) is 3.15. The molecule has 2 aromatic rings. The summed E-state index contributed by atoms with van der Waals surface area (Å²) in [5, 5.41) is 0. The van der Waals surface area contributed by atoms with Gasteiger partial charge in [0.2, 0.25) is 0 Å². The van der Waals surface area contributed by atoms with E-state index in [1.165, 1.54) is 0 Å². The normalized spacial score (nSPS) is 10.9. The van der Waals surface area contributed by atoms with Gasteiger partial charge in [0.1, 0.15) is 6.10 Å². The number of hydrogen-bond donors (Lipinski definition) is 0. The summed E-state index contributed by atoms with van der Waals surface area (Å²) in [7, 11) is 1.65. The summed E-state index contributed by atoms with van der Waals surface area (Å²) in [6, 6.07) is 20.4. The molecule has 0 aromatic heterocycles. The zero-order valence-corrected chi connectivity index (χ0v) is 13.5. The van der Waals surface area contributed by atoms with Crippen molar-refractivity contribution in [1.29, 1.82) is 0 Å². The van der Waals surface area contributed by atoms with Gasteiger partial charge >= 0.3 is 0 Å². The van der Waals surface area contributed by atoms with Crippen molar-refractivity contribution in [2.24, 2.45) is 9.98 Å². The SMILES string of the molecule is CCCN=C=Nc1ccccc1C(C#Cc1ccccc1)OC. The Morgan fingerprint density at radius 1 is 1.04 bits per heavy atom. The minimum absolute atomic E-state index is 0.344. The maximum absolute atomic E-state index is 5.53. The van der Waals surface area contributed by atoms with Gasteiger partial charge in [0, 0.05) is 24.8 Å². The minimum atomic E-state index is -0.344. The van der Waals surface area contributed by atoms with E-state index in [9.17, 15) is 0 Å². The van der Waals surface area contributed by atoms with Crippen LogP contribution in [0.4, 0.5) is 5.69 Å². The lowest BCUT2D eigenvalue weighted by molar-refractivity contribution is 0.151. The Kier molecular flexibility index (Phi) is 6.81. The Morgan fingerprint density at radius 2 is 1.78 bits per heavy atom. The van der Waals surface area contributed by atoms with Gasteiger partial charge in [-0.05, 0) is 24.6 Å². The molecule has 0 saturated carbocycles. The second-order valence-electron chi connectivity index (χ2n) is 4.90. The molecule has 0 spiro atoms. The largest absolute Gasteiger partial charge is 0.364 e. The molecule has 23 heavy (non-hydrogen) atoms. The van der Waals surface area contributed by atoms with Crippen LogP contribution < -0.4 is 0 Å². The van der Waals surface area contributed by atoms with Crippen LogP contribution in [0.25, 0.3) is 0 Å². The molecule has 3 nitrogen and oxygen atoms in total. The van der Waals surface area contributed by atoms with Gasteiger partial charge in [-0.1, -0.05) is 55.2 Å². The highest BCUT2D eigenvalue weighted by atomic mass is 16.5. The van der Waals surface area contributed by atoms with Crippen molar-refractivity contribution in [3.8, 4) is 11.8 Å². The van der Waals surface area contributed by atoms with E-state index in [0.717, 1.165) is 29.8 Å². The zero-order chi connectivity index (χ0) is 16.3. The van der Waals surface area contributed by atoms with E-state index >= 15 is 0 Å². The predicted octanol–water partition coefficient (Wildman–Crippen LogP) is 4.64. The highest BCUT2D eigenvalue weighted by Crippen LogP contribution is 2.26. The van der Waals surface area contributed by atoms with Crippen molar-refractivity contribution < 1.29 is 4.74 Å². The maximum Gasteiger partial charge on any atom is 0.145 e. The van der Waals surface area contributed by atoms with Crippen LogP contribution in [0, 0.1) is 11.8 Å². The number of hydrogen-bond acceptors (Lipinski definition) is 3. The molecule has 0 amide bonds. The molecule has 1 unspecified atom stereocenters. The van der Waals surface area contributed by atoms with Gasteiger partial charge in [-0.3, -0.25) is 0 Å². The number of nitrogens with zero attached hydrogens (tertiary/aromatic N) is 2. The highest BCUT2D eigenvalue weighted by Gasteiger charge is 2.11. The van der Waals surface area contributed by atoms with Crippen molar-refractivity contribution in [2.75, 3.05) is 13.7 Å². The van der Waals surface area contributed by atoms with E-state index < -0.39 is 0 Å². The average Bonchev–Trinajstić information content (AvgIpc) is 2.61. The van der Waals surface area contributed by atoms with Crippen molar-refractivity contribution in [2.45, 2.75) is 19.4 Å². The van der Waals surface area contributed by atoms with Gasteiger partial charge in [-0.25, -0.2) is 4.99 Å².